The first-order valence-electron chi connectivity index (χ1n) is 7.60. The lowest BCUT2D eigenvalue weighted by Crippen LogP contribution is -2.18. The molecule has 0 aliphatic rings. The van der Waals surface area contributed by atoms with E-state index in [-0.39, 0.29) is 0 Å². The van der Waals surface area contributed by atoms with Crippen LogP contribution in [0.3, 0.4) is 0 Å². The van der Waals surface area contributed by atoms with Crippen LogP contribution in [0.1, 0.15) is 32.0 Å². The standard InChI is InChI=1S/C17H25N3S/c1-4-20-13-19-11-16(20)12-21-17-7-5-6-15(8-17)10-18-9-14(2)3/h5-8,11,13-14,18H,4,9-10,12H2,1-3H3. The average Bonchev–Trinajstić information content (AvgIpc) is 2.92. The molecule has 4 heteroatoms. The van der Waals surface area contributed by atoms with Gasteiger partial charge in [-0.15, -0.1) is 11.8 Å². The second-order valence-corrected chi connectivity index (χ2v) is 6.68. The molecule has 0 fully saturated rings. The van der Waals surface area contributed by atoms with Crippen molar-refractivity contribution in [3.05, 3.63) is 48.0 Å². The van der Waals surface area contributed by atoms with Gasteiger partial charge in [0.1, 0.15) is 0 Å². The molecule has 114 valence electrons. The number of imidazole rings is 1. The summed E-state index contributed by atoms with van der Waals surface area (Å²) in [7, 11) is 0. The van der Waals surface area contributed by atoms with Gasteiger partial charge in [0.25, 0.3) is 0 Å². The van der Waals surface area contributed by atoms with E-state index in [9.17, 15) is 0 Å². The summed E-state index contributed by atoms with van der Waals surface area (Å²) >= 11 is 1.87. The average molecular weight is 303 g/mol. The zero-order chi connectivity index (χ0) is 15.1. The summed E-state index contributed by atoms with van der Waals surface area (Å²) in [6.07, 6.45) is 3.87. The van der Waals surface area contributed by atoms with E-state index in [4.69, 9.17) is 0 Å². The highest BCUT2D eigenvalue weighted by Gasteiger charge is 2.03. The SMILES string of the molecule is CCn1cncc1CSc1cccc(CNCC(C)C)c1. The van der Waals surface area contributed by atoms with Gasteiger partial charge in [-0.3, -0.25) is 0 Å². The third-order valence-corrected chi connectivity index (χ3v) is 4.33. The van der Waals surface area contributed by atoms with Crippen LogP contribution in [0.5, 0.6) is 0 Å². The first-order chi connectivity index (χ1) is 10.2. The summed E-state index contributed by atoms with van der Waals surface area (Å²) in [4.78, 5) is 5.54. The number of benzene rings is 1. The van der Waals surface area contributed by atoms with Gasteiger partial charge in [0.2, 0.25) is 0 Å². The number of nitrogens with one attached hydrogen (secondary N) is 1. The van der Waals surface area contributed by atoms with Gasteiger partial charge in [-0.25, -0.2) is 4.98 Å². The lowest BCUT2D eigenvalue weighted by molar-refractivity contribution is 0.552. The van der Waals surface area contributed by atoms with E-state index in [1.165, 1.54) is 16.2 Å². The Hall–Kier alpha value is -1.26. The van der Waals surface area contributed by atoms with Crippen molar-refractivity contribution in [2.75, 3.05) is 6.54 Å². The van der Waals surface area contributed by atoms with Gasteiger partial charge in [0, 0.05) is 35.6 Å². The smallest absolute Gasteiger partial charge is 0.0948 e. The Morgan fingerprint density at radius 2 is 2.19 bits per heavy atom. The van der Waals surface area contributed by atoms with Crippen LogP contribution in [0, 0.1) is 5.92 Å². The zero-order valence-corrected chi connectivity index (χ0v) is 14.0. The van der Waals surface area contributed by atoms with Gasteiger partial charge in [-0.2, -0.15) is 0 Å². The lowest BCUT2D eigenvalue weighted by Gasteiger charge is -2.09. The van der Waals surface area contributed by atoms with E-state index in [1.807, 2.05) is 24.3 Å². The van der Waals surface area contributed by atoms with Gasteiger partial charge < -0.3 is 9.88 Å². The molecule has 0 bridgehead atoms. The molecule has 0 spiro atoms. The predicted molar refractivity (Wildman–Crippen MR) is 90.4 cm³/mol. The minimum absolute atomic E-state index is 0.692. The van der Waals surface area contributed by atoms with Crippen molar-refractivity contribution in [2.24, 2.45) is 5.92 Å². The lowest BCUT2D eigenvalue weighted by atomic mass is 10.2. The summed E-state index contributed by atoms with van der Waals surface area (Å²) in [6.45, 7) is 9.60. The molecule has 1 aromatic carbocycles. The Labute approximate surface area is 132 Å². The fraction of sp³-hybridized carbons (Fsp3) is 0.471. The Morgan fingerprint density at radius 1 is 1.33 bits per heavy atom. The maximum absolute atomic E-state index is 4.22. The van der Waals surface area contributed by atoms with Crippen molar-refractivity contribution in [1.82, 2.24) is 14.9 Å². The van der Waals surface area contributed by atoms with Crippen LogP contribution in [-0.4, -0.2) is 16.1 Å². The Kier molecular flexibility index (Phi) is 6.33. The normalized spacial score (nSPS) is 11.2. The molecule has 0 aliphatic carbocycles. The van der Waals surface area contributed by atoms with Crippen LogP contribution < -0.4 is 5.32 Å². The molecule has 1 N–H and O–H groups in total. The maximum atomic E-state index is 4.22. The second-order valence-electron chi connectivity index (χ2n) is 5.63. The fourth-order valence-corrected chi connectivity index (χ4v) is 3.13. The molecular formula is C17H25N3S. The zero-order valence-electron chi connectivity index (χ0n) is 13.2. The van der Waals surface area contributed by atoms with Crippen molar-refractivity contribution in [2.45, 2.75) is 44.5 Å². The number of aryl methyl sites for hydroxylation is 1. The number of hydrogen-bond acceptors (Lipinski definition) is 3. The van der Waals surface area contributed by atoms with Crippen LogP contribution in [-0.2, 0) is 18.8 Å². The van der Waals surface area contributed by atoms with E-state index in [2.05, 4.69) is 59.9 Å². The van der Waals surface area contributed by atoms with Crippen molar-refractivity contribution in [1.29, 1.82) is 0 Å². The van der Waals surface area contributed by atoms with Gasteiger partial charge >= 0.3 is 0 Å². The summed E-state index contributed by atoms with van der Waals surface area (Å²) in [5, 5.41) is 3.49. The number of hydrogen-bond donors (Lipinski definition) is 1. The molecule has 0 saturated carbocycles. The van der Waals surface area contributed by atoms with E-state index in [0.717, 1.165) is 25.4 Å². The maximum Gasteiger partial charge on any atom is 0.0948 e. The molecule has 0 unspecified atom stereocenters. The van der Waals surface area contributed by atoms with Crippen molar-refractivity contribution >= 4 is 11.8 Å². The van der Waals surface area contributed by atoms with Crippen LogP contribution in [0.25, 0.3) is 0 Å². The molecule has 1 heterocycles. The molecule has 1 aromatic heterocycles. The van der Waals surface area contributed by atoms with E-state index in [0.29, 0.717) is 5.92 Å². The van der Waals surface area contributed by atoms with E-state index >= 15 is 0 Å². The highest BCUT2D eigenvalue weighted by Crippen LogP contribution is 2.23. The van der Waals surface area contributed by atoms with E-state index < -0.39 is 0 Å². The topological polar surface area (TPSA) is 29.9 Å². The quantitative estimate of drug-likeness (QED) is 0.749. The largest absolute Gasteiger partial charge is 0.334 e. The molecule has 3 nitrogen and oxygen atoms in total. The highest BCUT2D eigenvalue weighted by molar-refractivity contribution is 7.98. The summed E-state index contributed by atoms with van der Waals surface area (Å²) < 4.78 is 2.20. The van der Waals surface area contributed by atoms with Gasteiger partial charge in [-0.05, 0) is 37.1 Å². The highest BCUT2D eigenvalue weighted by atomic mass is 32.2. The monoisotopic (exact) mass is 303 g/mol. The predicted octanol–water partition coefficient (Wildman–Crippen LogP) is 3.94. The second kappa shape index (κ2) is 8.25. The first kappa shape index (κ1) is 16.1. The Balaban J connectivity index is 1.89. The third-order valence-electron chi connectivity index (χ3n) is 3.31. The number of thioether (sulfide) groups is 1. The molecule has 0 radical (unpaired) electrons. The molecule has 2 rings (SSSR count). The molecule has 2 aromatic rings. The number of nitrogens with zero attached hydrogens (tertiary/aromatic N) is 2. The molecule has 0 saturated heterocycles. The van der Waals surface area contributed by atoms with Gasteiger partial charge in [-0.1, -0.05) is 26.0 Å². The van der Waals surface area contributed by atoms with Crippen molar-refractivity contribution < 1.29 is 0 Å². The van der Waals surface area contributed by atoms with Crippen LogP contribution >= 0.6 is 11.8 Å². The number of aromatic nitrogens is 2. The molecule has 0 atom stereocenters. The summed E-state index contributed by atoms with van der Waals surface area (Å²) in [5.41, 5.74) is 2.63. The van der Waals surface area contributed by atoms with Crippen LogP contribution in [0.15, 0.2) is 41.7 Å². The summed E-state index contributed by atoms with van der Waals surface area (Å²) in [5.74, 6) is 1.66. The van der Waals surface area contributed by atoms with E-state index in [1.54, 1.807) is 0 Å². The Morgan fingerprint density at radius 3 is 2.95 bits per heavy atom. The number of rotatable bonds is 8. The molecular weight excluding hydrogens is 278 g/mol. The van der Waals surface area contributed by atoms with Crippen LogP contribution in [0.2, 0.25) is 0 Å². The van der Waals surface area contributed by atoms with Crippen molar-refractivity contribution in [3.63, 3.8) is 0 Å². The van der Waals surface area contributed by atoms with Crippen LogP contribution in [0.4, 0.5) is 0 Å². The summed E-state index contributed by atoms with van der Waals surface area (Å²) in [6, 6.07) is 8.80. The molecule has 0 aliphatic heterocycles. The van der Waals surface area contributed by atoms with Gasteiger partial charge in [0.05, 0.1) is 6.33 Å². The fourth-order valence-electron chi connectivity index (χ4n) is 2.16. The van der Waals surface area contributed by atoms with Crippen molar-refractivity contribution in [3.8, 4) is 0 Å². The van der Waals surface area contributed by atoms with Gasteiger partial charge in [0.15, 0.2) is 0 Å². The minimum atomic E-state index is 0.692. The molecule has 0 amide bonds. The third kappa shape index (κ3) is 5.21. The Bertz CT molecular complexity index is 548. The molecule has 21 heavy (non-hydrogen) atoms. The first-order valence-corrected chi connectivity index (χ1v) is 8.59. The minimum Gasteiger partial charge on any atom is -0.334 e.